The summed E-state index contributed by atoms with van der Waals surface area (Å²) >= 11 is 0. The van der Waals surface area contributed by atoms with Gasteiger partial charge in [-0.25, -0.2) is 0 Å². The van der Waals surface area contributed by atoms with Crippen molar-refractivity contribution < 1.29 is 9.59 Å². The minimum atomic E-state index is -0.488. The molecule has 2 rings (SSSR count). The average Bonchev–Trinajstić information content (AvgIpc) is 2.66. The summed E-state index contributed by atoms with van der Waals surface area (Å²) in [5.74, 6) is -0.0964. The van der Waals surface area contributed by atoms with Crippen LogP contribution in [0.25, 0.3) is 0 Å². The highest BCUT2D eigenvalue weighted by Crippen LogP contribution is 2.17. The molecule has 0 aliphatic carbocycles. The summed E-state index contributed by atoms with van der Waals surface area (Å²) in [6.07, 6.45) is 1.73. The molecule has 2 amide bonds. The summed E-state index contributed by atoms with van der Waals surface area (Å²) in [4.78, 5) is 28.2. The Morgan fingerprint density at radius 1 is 0.900 bits per heavy atom. The van der Waals surface area contributed by atoms with E-state index in [2.05, 4.69) is 29.6 Å². The second kappa shape index (κ2) is 11.0. The number of nitrogens with zero attached hydrogens (tertiary/aromatic N) is 1. The SMILES string of the molecule is CC[C@H](C)NC(=O)[C@H](CC)N(Cc1cccc(C)c1)C(=O)Cc1cc(C)cc(C)c1. The van der Waals surface area contributed by atoms with Gasteiger partial charge < -0.3 is 10.2 Å². The summed E-state index contributed by atoms with van der Waals surface area (Å²) in [6, 6.07) is 13.9. The monoisotopic (exact) mass is 408 g/mol. The first-order valence-electron chi connectivity index (χ1n) is 11.0. The number of carbonyl (C=O) groups is 2. The van der Waals surface area contributed by atoms with E-state index >= 15 is 0 Å². The lowest BCUT2D eigenvalue weighted by Gasteiger charge is -2.31. The fourth-order valence-corrected chi connectivity index (χ4v) is 3.82. The van der Waals surface area contributed by atoms with E-state index in [0.29, 0.717) is 19.4 Å². The summed E-state index contributed by atoms with van der Waals surface area (Å²) in [6.45, 7) is 12.6. The molecule has 0 aliphatic rings. The first-order valence-corrected chi connectivity index (χ1v) is 11.0. The van der Waals surface area contributed by atoms with Crippen LogP contribution < -0.4 is 5.32 Å². The van der Waals surface area contributed by atoms with E-state index in [1.807, 2.05) is 59.7 Å². The van der Waals surface area contributed by atoms with E-state index in [-0.39, 0.29) is 17.9 Å². The van der Waals surface area contributed by atoms with Gasteiger partial charge in [-0.1, -0.05) is 73.0 Å². The fraction of sp³-hybridized carbons (Fsp3) is 0.462. The van der Waals surface area contributed by atoms with Gasteiger partial charge in [-0.15, -0.1) is 0 Å². The Labute approximate surface area is 181 Å². The molecule has 2 atom stereocenters. The Hall–Kier alpha value is -2.62. The zero-order valence-electron chi connectivity index (χ0n) is 19.3. The van der Waals surface area contributed by atoms with Crippen LogP contribution in [0.15, 0.2) is 42.5 Å². The molecule has 0 aromatic heterocycles. The smallest absolute Gasteiger partial charge is 0.243 e. The van der Waals surface area contributed by atoms with Crippen LogP contribution in [0.2, 0.25) is 0 Å². The molecule has 2 aromatic carbocycles. The minimum Gasteiger partial charge on any atom is -0.352 e. The molecule has 0 unspecified atom stereocenters. The predicted octanol–water partition coefficient (Wildman–Crippen LogP) is 4.88. The molecule has 0 saturated carbocycles. The van der Waals surface area contributed by atoms with Crippen molar-refractivity contribution in [3.8, 4) is 0 Å². The number of rotatable bonds is 9. The van der Waals surface area contributed by atoms with Crippen LogP contribution in [0, 0.1) is 20.8 Å². The van der Waals surface area contributed by atoms with Crippen LogP contribution in [0.1, 0.15) is 61.4 Å². The molecule has 4 nitrogen and oxygen atoms in total. The van der Waals surface area contributed by atoms with Gasteiger partial charge in [-0.05, 0) is 51.7 Å². The molecule has 0 saturated heterocycles. The molecule has 1 N–H and O–H groups in total. The highest BCUT2D eigenvalue weighted by Gasteiger charge is 2.29. The van der Waals surface area contributed by atoms with Gasteiger partial charge >= 0.3 is 0 Å². The summed E-state index contributed by atoms with van der Waals surface area (Å²) < 4.78 is 0. The fourth-order valence-electron chi connectivity index (χ4n) is 3.82. The van der Waals surface area contributed by atoms with Gasteiger partial charge in [0.05, 0.1) is 6.42 Å². The molecular weight excluding hydrogens is 372 g/mol. The molecule has 0 aliphatic heterocycles. The zero-order chi connectivity index (χ0) is 22.3. The predicted molar refractivity (Wildman–Crippen MR) is 123 cm³/mol. The van der Waals surface area contributed by atoms with Crippen molar-refractivity contribution in [1.82, 2.24) is 10.2 Å². The average molecular weight is 409 g/mol. The van der Waals surface area contributed by atoms with Crippen molar-refractivity contribution in [3.05, 3.63) is 70.3 Å². The van der Waals surface area contributed by atoms with Gasteiger partial charge in [0.2, 0.25) is 11.8 Å². The van der Waals surface area contributed by atoms with E-state index in [1.165, 1.54) is 0 Å². The van der Waals surface area contributed by atoms with Crippen LogP contribution in [0.3, 0.4) is 0 Å². The molecule has 30 heavy (non-hydrogen) atoms. The quantitative estimate of drug-likeness (QED) is 0.643. The van der Waals surface area contributed by atoms with Gasteiger partial charge in [0.15, 0.2) is 0 Å². The Balaban J connectivity index is 2.32. The van der Waals surface area contributed by atoms with Crippen molar-refractivity contribution >= 4 is 11.8 Å². The van der Waals surface area contributed by atoms with Crippen LogP contribution in [0.4, 0.5) is 0 Å². The molecule has 2 aromatic rings. The molecular formula is C26H36N2O2. The summed E-state index contributed by atoms with van der Waals surface area (Å²) in [5, 5.41) is 3.06. The number of aryl methyl sites for hydroxylation is 3. The Kier molecular flexibility index (Phi) is 8.64. The molecule has 0 bridgehead atoms. The van der Waals surface area contributed by atoms with Gasteiger partial charge in [0.25, 0.3) is 0 Å². The number of nitrogens with one attached hydrogen (secondary N) is 1. The van der Waals surface area contributed by atoms with Gasteiger partial charge in [0, 0.05) is 12.6 Å². The van der Waals surface area contributed by atoms with E-state index in [4.69, 9.17) is 0 Å². The summed E-state index contributed by atoms with van der Waals surface area (Å²) in [5.41, 5.74) is 5.46. The second-order valence-electron chi connectivity index (χ2n) is 8.43. The van der Waals surface area contributed by atoms with Crippen LogP contribution >= 0.6 is 0 Å². The standard InChI is InChI=1S/C26H36N2O2/c1-7-21(6)27-26(30)24(8-2)28(17-22-11-9-10-18(3)13-22)25(29)16-23-14-19(4)12-20(5)15-23/h9-15,21,24H,7-8,16-17H2,1-6H3,(H,27,30)/t21-,24-/m0/s1. The third kappa shape index (κ3) is 6.72. The van der Waals surface area contributed by atoms with Gasteiger partial charge in [-0.2, -0.15) is 0 Å². The third-order valence-electron chi connectivity index (χ3n) is 5.46. The van der Waals surface area contributed by atoms with E-state index in [9.17, 15) is 9.59 Å². The van der Waals surface area contributed by atoms with Crippen molar-refractivity contribution in [2.45, 2.75) is 79.4 Å². The number of carbonyl (C=O) groups excluding carboxylic acids is 2. The molecule has 0 fully saturated rings. The third-order valence-corrected chi connectivity index (χ3v) is 5.46. The number of benzene rings is 2. The van der Waals surface area contributed by atoms with Crippen LogP contribution in [-0.2, 0) is 22.6 Å². The molecule has 4 heteroatoms. The van der Waals surface area contributed by atoms with Crippen molar-refractivity contribution in [1.29, 1.82) is 0 Å². The highest BCUT2D eigenvalue weighted by molar-refractivity contribution is 5.88. The van der Waals surface area contributed by atoms with Crippen molar-refractivity contribution in [2.24, 2.45) is 0 Å². The number of hydrogen-bond acceptors (Lipinski definition) is 2. The number of hydrogen-bond donors (Lipinski definition) is 1. The minimum absolute atomic E-state index is 0.0207. The molecule has 162 valence electrons. The van der Waals surface area contributed by atoms with Crippen molar-refractivity contribution in [3.63, 3.8) is 0 Å². The highest BCUT2D eigenvalue weighted by atomic mass is 16.2. The van der Waals surface area contributed by atoms with Crippen molar-refractivity contribution in [2.75, 3.05) is 0 Å². The lowest BCUT2D eigenvalue weighted by atomic mass is 10.0. The second-order valence-corrected chi connectivity index (χ2v) is 8.43. The maximum Gasteiger partial charge on any atom is 0.243 e. The van der Waals surface area contributed by atoms with Gasteiger partial charge in [0.1, 0.15) is 6.04 Å². The molecule has 0 spiro atoms. The van der Waals surface area contributed by atoms with Gasteiger partial charge in [-0.3, -0.25) is 9.59 Å². The zero-order valence-corrected chi connectivity index (χ0v) is 19.3. The summed E-state index contributed by atoms with van der Waals surface area (Å²) in [7, 11) is 0. The normalized spacial score (nSPS) is 12.9. The first kappa shape index (κ1) is 23.7. The topological polar surface area (TPSA) is 49.4 Å². The van der Waals surface area contributed by atoms with E-state index in [1.54, 1.807) is 4.90 Å². The number of amides is 2. The Bertz CT molecular complexity index is 855. The maximum absolute atomic E-state index is 13.4. The van der Waals surface area contributed by atoms with Crippen LogP contribution in [-0.4, -0.2) is 28.8 Å². The van der Waals surface area contributed by atoms with E-state index in [0.717, 1.165) is 34.2 Å². The Morgan fingerprint density at radius 2 is 1.53 bits per heavy atom. The van der Waals surface area contributed by atoms with Crippen LogP contribution in [0.5, 0.6) is 0 Å². The van der Waals surface area contributed by atoms with E-state index < -0.39 is 6.04 Å². The molecule has 0 radical (unpaired) electrons. The Morgan fingerprint density at radius 3 is 2.10 bits per heavy atom. The lowest BCUT2D eigenvalue weighted by Crippen LogP contribution is -2.51. The largest absolute Gasteiger partial charge is 0.352 e. The lowest BCUT2D eigenvalue weighted by molar-refractivity contribution is -0.141. The maximum atomic E-state index is 13.4. The first-order chi connectivity index (χ1) is 14.2. The molecule has 0 heterocycles.